The number of aromatic nitrogens is 1. The number of imide groups is 1. The highest BCUT2D eigenvalue weighted by Crippen LogP contribution is 2.27. The predicted octanol–water partition coefficient (Wildman–Crippen LogP) is 1.98. The number of ether oxygens (including phenoxy) is 1. The molecule has 2 aromatic carbocycles. The molecule has 0 saturated carbocycles. The van der Waals surface area contributed by atoms with E-state index in [9.17, 15) is 14.4 Å². The summed E-state index contributed by atoms with van der Waals surface area (Å²) < 4.78 is 6.47. The molecule has 1 aliphatic rings. The Morgan fingerprint density at radius 1 is 0.926 bits per heavy atom. The van der Waals surface area contributed by atoms with Crippen molar-refractivity contribution < 1.29 is 14.3 Å². The summed E-state index contributed by atoms with van der Waals surface area (Å²) in [7, 11) is 1.59. The Balaban J connectivity index is 1.89. The van der Waals surface area contributed by atoms with Gasteiger partial charge in [0.2, 0.25) is 0 Å². The third kappa shape index (κ3) is 2.65. The zero-order chi connectivity index (χ0) is 19.1. The summed E-state index contributed by atoms with van der Waals surface area (Å²) in [6.45, 7) is 0. The first-order valence-electron chi connectivity index (χ1n) is 8.15. The van der Waals surface area contributed by atoms with Crippen molar-refractivity contribution in [1.82, 2.24) is 9.88 Å². The lowest BCUT2D eigenvalue weighted by Gasteiger charge is -2.13. The van der Waals surface area contributed by atoms with E-state index in [0.29, 0.717) is 11.4 Å². The van der Waals surface area contributed by atoms with Crippen LogP contribution in [0.5, 0.6) is 5.75 Å². The molecule has 0 unspecified atom stereocenters. The fourth-order valence-corrected chi connectivity index (χ4v) is 3.17. The number of nitrogens with zero attached hydrogens (tertiary/aromatic N) is 1. The Hall–Kier alpha value is -3.87. The number of nitrogens with two attached hydrogens (primary N) is 1. The first-order chi connectivity index (χ1) is 13.0. The molecule has 4 rings (SSSR count). The van der Waals surface area contributed by atoms with Gasteiger partial charge in [-0.1, -0.05) is 24.3 Å². The van der Waals surface area contributed by atoms with Gasteiger partial charge in [0.05, 0.1) is 23.9 Å². The van der Waals surface area contributed by atoms with Crippen LogP contribution in [0.2, 0.25) is 0 Å². The largest absolute Gasteiger partial charge is 0.497 e. The number of fused-ring (bicyclic) bond motifs is 1. The van der Waals surface area contributed by atoms with E-state index < -0.39 is 17.4 Å². The maximum Gasteiger partial charge on any atom is 0.262 e. The minimum atomic E-state index is -0.615. The van der Waals surface area contributed by atoms with Gasteiger partial charge in [0.15, 0.2) is 0 Å². The van der Waals surface area contributed by atoms with Crippen molar-refractivity contribution in [3.8, 4) is 22.6 Å². The molecular weight excluding hydrogens is 346 g/mol. The minimum absolute atomic E-state index is 0.00250. The highest BCUT2D eigenvalue weighted by molar-refractivity contribution is 6.23. The molecule has 0 fully saturated rings. The van der Waals surface area contributed by atoms with E-state index in [4.69, 9.17) is 10.5 Å². The van der Waals surface area contributed by atoms with Gasteiger partial charge in [0, 0.05) is 6.07 Å². The monoisotopic (exact) mass is 361 g/mol. The molecule has 134 valence electrons. The molecule has 0 radical (unpaired) electrons. The van der Waals surface area contributed by atoms with Crippen LogP contribution in [0.3, 0.4) is 0 Å². The topological polar surface area (TPSA) is 103 Å². The van der Waals surface area contributed by atoms with Crippen LogP contribution < -0.4 is 21.3 Å². The number of carbonyl (C=O) groups excluding carboxylic acids is 2. The quantitative estimate of drug-likeness (QED) is 0.694. The highest BCUT2D eigenvalue weighted by Gasteiger charge is 2.31. The lowest BCUT2D eigenvalue weighted by Crippen LogP contribution is -2.24. The molecule has 0 atom stereocenters. The number of nitrogen functional groups attached to an aromatic ring is 1. The Morgan fingerprint density at radius 2 is 1.63 bits per heavy atom. The fraction of sp³-hybridized carbons (Fsp3) is 0.0500. The first kappa shape index (κ1) is 16.6. The number of anilines is 1. The van der Waals surface area contributed by atoms with E-state index in [1.54, 1.807) is 25.3 Å². The van der Waals surface area contributed by atoms with Crippen molar-refractivity contribution in [2.24, 2.45) is 0 Å². The second kappa shape index (κ2) is 6.14. The number of nitrogens with one attached hydrogen (secondary N) is 1. The number of hydrogen-bond acceptors (Lipinski definition) is 5. The van der Waals surface area contributed by atoms with E-state index >= 15 is 0 Å². The van der Waals surface area contributed by atoms with Gasteiger partial charge in [-0.2, -0.15) is 0 Å². The van der Waals surface area contributed by atoms with Crippen molar-refractivity contribution in [2.45, 2.75) is 0 Å². The number of carbonyl (C=O) groups is 2. The normalized spacial score (nSPS) is 12.6. The van der Waals surface area contributed by atoms with Gasteiger partial charge in [0.1, 0.15) is 11.6 Å². The van der Waals surface area contributed by atoms with Crippen LogP contribution in [0.15, 0.2) is 59.4 Å². The summed E-state index contributed by atoms with van der Waals surface area (Å²) in [6.07, 6.45) is 0. The van der Waals surface area contributed by atoms with Gasteiger partial charge in [0.25, 0.3) is 17.4 Å². The third-order valence-electron chi connectivity index (χ3n) is 4.46. The Morgan fingerprint density at radius 3 is 2.37 bits per heavy atom. The molecule has 1 aromatic heterocycles. The van der Waals surface area contributed by atoms with Crippen LogP contribution in [0, 0.1) is 0 Å². The van der Waals surface area contributed by atoms with Crippen LogP contribution in [-0.4, -0.2) is 23.5 Å². The second-order valence-corrected chi connectivity index (χ2v) is 6.06. The summed E-state index contributed by atoms with van der Waals surface area (Å²) in [6, 6.07) is 15.8. The van der Waals surface area contributed by atoms with Crippen molar-refractivity contribution >= 4 is 17.6 Å². The molecule has 27 heavy (non-hydrogen) atoms. The van der Waals surface area contributed by atoms with Crippen LogP contribution in [0.4, 0.5) is 5.82 Å². The number of methoxy groups -OCH3 is 1. The molecule has 2 amide bonds. The number of benzene rings is 2. The molecule has 0 spiro atoms. The first-order valence-corrected chi connectivity index (χ1v) is 8.15. The van der Waals surface area contributed by atoms with Crippen molar-refractivity contribution in [3.63, 3.8) is 0 Å². The van der Waals surface area contributed by atoms with Crippen molar-refractivity contribution in [2.75, 3.05) is 12.8 Å². The van der Waals surface area contributed by atoms with Gasteiger partial charge in [-0.05, 0) is 35.4 Å². The van der Waals surface area contributed by atoms with Gasteiger partial charge >= 0.3 is 0 Å². The standard InChI is InChI=1S/C20H15N3O4/c1-27-14-7-3-5-12(9-14)11-4-2-6-13(8-11)23-16(24)10-15-17(18(23)21)20(26)22-19(15)25/h2-10H,21H2,1H3,(H,22,25,26). The summed E-state index contributed by atoms with van der Waals surface area (Å²) in [5, 5.41) is 2.15. The Kier molecular flexibility index (Phi) is 3.77. The van der Waals surface area contributed by atoms with E-state index in [-0.39, 0.29) is 16.9 Å². The van der Waals surface area contributed by atoms with Crippen LogP contribution >= 0.6 is 0 Å². The molecular formula is C20H15N3O4. The van der Waals surface area contributed by atoms with E-state index in [1.807, 2.05) is 30.3 Å². The number of amides is 2. The minimum Gasteiger partial charge on any atom is -0.497 e. The fourth-order valence-electron chi connectivity index (χ4n) is 3.17. The molecule has 3 N–H and O–H groups in total. The summed E-state index contributed by atoms with van der Waals surface area (Å²) in [5.41, 5.74) is 7.86. The van der Waals surface area contributed by atoms with Gasteiger partial charge in [-0.25, -0.2) is 0 Å². The summed E-state index contributed by atoms with van der Waals surface area (Å²) in [4.78, 5) is 36.4. The molecule has 0 aliphatic carbocycles. The van der Waals surface area contributed by atoms with Crippen molar-refractivity contribution in [1.29, 1.82) is 0 Å². The molecule has 7 nitrogen and oxygen atoms in total. The van der Waals surface area contributed by atoms with Gasteiger partial charge in [-0.3, -0.25) is 24.3 Å². The summed E-state index contributed by atoms with van der Waals surface area (Å²) in [5.74, 6) is -0.577. The number of hydrogen-bond donors (Lipinski definition) is 2. The Bertz CT molecular complexity index is 1160. The number of rotatable bonds is 3. The second-order valence-electron chi connectivity index (χ2n) is 6.06. The zero-order valence-corrected chi connectivity index (χ0v) is 14.4. The zero-order valence-electron chi connectivity index (χ0n) is 14.4. The van der Waals surface area contributed by atoms with Crippen LogP contribution in [0.25, 0.3) is 16.8 Å². The molecule has 3 aromatic rings. The van der Waals surface area contributed by atoms with E-state index in [1.165, 1.54) is 4.57 Å². The highest BCUT2D eigenvalue weighted by atomic mass is 16.5. The molecule has 2 heterocycles. The maximum absolute atomic E-state index is 12.6. The van der Waals surface area contributed by atoms with Crippen LogP contribution in [-0.2, 0) is 0 Å². The lowest BCUT2D eigenvalue weighted by atomic mass is 10.0. The third-order valence-corrected chi connectivity index (χ3v) is 4.46. The number of pyridine rings is 1. The average Bonchev–Trinajstić information content (AvgIpc) is 2.95. The van der Waals surface area contributed by atoms with Gasteiger partial charge < -0.3 is 10.5 Å². The summed E-state index contributed by atoms with van der Waals surface area (Å²) >= 11 is 0. The molecule has 7 heteroatoms. The SMILES string of the molecule is COc1cccc(-c2cccc(-n3c(N)c4c(cc3=O)C(=O)NC4=O)c2)c1. The Labute approximate surface area is 154 Å². The molecule has 0 bridgehead atoms. The molecule has 1 aliphatic heterocycles. The van der Waals surface area contributed by atoms with Crippen LogP contribution in [0.1, 0.15) is 20.7 Å². The van der Waals surface area contributed by atoms with Gasteiger partial charge in [-0.15, -0.1) is 0 Å². The average molecular weight is 361 g/mol. The maximum atomic E-state index is 12.6. The lowest BCUT2D eigenvalue weighted by molar-refractivity contribution is 0.0880. The van der Waals surface area contributed by atoms with E-state index in [0.717, 1.165) is 17.2 Å². The predicted molar refractivity (Wildman–Crippen MR) is 100 cm³/mol. The van der Waals surface area contributed by atoms with Crippen molar-refractivity contribution in [3.05, 3.63) is 76.1 Å². The smallest absolute Gasteiger partial charge is 0.262 e. The van der Waals surface area contributed by atoms with E-state index in [2.05, 4.69) is 5.32 Å². The molecule has 0 saturated heterocycles.